The number of ether oxygens (including phenoxy) is 1. The first-order valence-corrected chi connectivity index (χ1v) is 9.90. The van der Waals surface area contributed by atoms with E-state index < -0.39 is 0 Å². The monoisotopic (exact) mass is 404 g/mol. The van der Waals surface area contributed by atoms with E-state index >= 15 is 0 Å². The Bertz CT molecular complexity index is 1000. The third kappa shape index (κ3) is 4.78. The van der Waals surface area contributed by atoms with E-state index in [1.807, 2.05) is 48.5 Å². The molecule has 0 amide bonds. The van der Waals surface area contributed by atoms with Gasteiger partial charge in [-0.25, -0.2) is 4.98 Å². The Kier molecular flexibility index (Phi) is 7.03. The predicted octanol–water partition coefficient (Wildman–Crippen LogP) is 4.24. The highest BCUT2D eigenvalue weighted by atomic mass is 16.5. The first-order valence-electron chi connectivity index (χ1n) is 9.90. The molecule has 0 radical (unpaired) electrons. The van der Waals surface area contributed by atoms with Gasteiger partial charge in [0.15, 0.2) is 12.1 Å². The second kappa shape index (κ2) is 9.89. The molecule has 156 valence electrons. The van der Waals surface area contributed by atoms with E-state index in [1.54, 1.807) is 19.4 Å². The molecule has 2 aromatic carbocycles. The van der Waals surface area contributed by atoms with Crippen LogP contribution in [0.5, 0.6) is 5.75 Å². The molecule has 1 heterocycles. The maximum Gasteiger partial charge on any atom is 0.156 e. The zero-order valence-electron chi connectivity index (χ0n) is 17.7. The minimum Gasteiger partial charge on any atom is -0.495 e. The number of carbonyl (C=O) groups excluding carboxylic acids is 1. The number of aldehydes is 1. The summed E-state index contributed by atoms with van der Waals surface area (Å²) in [4.78, 5) is 20.5. The average Bonchev–Trinajstić information content (AvgIpc) is 2.77. The molecular formula is C24H28N4O2. The molecule has 0 bridgehead atoms. The van der Waals surface area contributed by atoms with Crippen molar-refractivity contribution in [3.8, 4) is 16.9 Å². The molecule has 0 saturated carbocycles. The van der Waals surface area contributed by atoms with Crippen LogP contribution in [0, 0.1) is 0 Å². The average molecular weight is 405 g/mol. The summed E-state index contributed by atoms with van der Waals surface area (Å²) in [6, 6.07) is 17.4. The number of anilines is 3. The van der Waals surface area contributed by atoms with E-state index in [9.17, 15) is 4.79 Å². The number of methoxy groups -OCH3 is 1. The van der Waals surface area contributed by atoms with Crippen molar-refractivity contribution in [1.82, 2.24) is 9.88 Å². The van der Waals surface area contributed by atoms with Crippen LogP contribution in [0.15, 0.2) is 60.8 Å². The van der Waals surface area contributed by atoms with Crippen LogP contribution >= 0.6 is 0 Å². The molecule has 0 fully saturated rings. The van der Waals surface area contributed by atoms with Gasteiger partial charge in [-0.3, -0.25) is 4.79 Å². The number of nitrogens with two attached hydrogens (primary N) is 1. The summed E-state index contributed by atoms with van der Waals surface area (Å²) in [5.41, 5.74) is 10.3. The van der Waals surface area contributed by atoms with Crippen LogP contribution in [0.1, 0.15) is 16.8 Å². The quantitative estimate of drug-likeness (QED) is 0.538. The molecular weight excluding hydrogens is 376 g/mol. The second-order valence-corrected chi connectivity index (χ2v) is 7.32. The lowest BCUT2D eigenvalue weighted by Gasteiger charge is -2.28. The van der Waals surface area contributed by atoms with E-state index in [4.69, 9.17) is 10.5 Å². The molecule has 6 heteroatoms. The maximum absolute atomic E-state index is 11.7. The Hall–Kier alpha value is -3.38. The fourth-order valence-corrected chi connectivity index (χ4v) is 3.46. The SMILES string of the molecule is COc1cnc(N(CCCN(C)C)c2ccccc2-c2ccccc2C=O)c(N)c1. The van der Waals surface area contributed by atoms with Gasteiger partial charge in [0.1, 0.15) is 5.75 Å². The summed E-state index contributed by atoms with van der Waals surface area (Å²) in [5, 5.41) is 0. The van der Waals surface area contributed by atoms with Crippen LogP contribution in [-0.2, 0) is 0 Å². The molecule has 0 atom stereocenters. The number of nitrogens with zero attached hydrogens (tertiary/aromatic N) is 3. The molecule has 0 spiro atoms. The minimum absolute atomic E-state index is 0.540. The lowest BCUT2D eigenvalue weighted by atomic mass is 9.98. The zero-order valence-corrected chi connectivity index (χ0v) is 17.7. The lowest BCUT2D eigenvalue weighted by molar-refractivity contribution is 0.112. The van der Waals surface area contributed by atoms with Crippen molar-refractivity contribution in [2.24, 2.45) is 0 Å². The molecule has 2 N–H and O–H groups in total. The van der Waals surface area contributed by atoms with E-state index in [1.165, 1.54) is 0 Å². The van der Waals surface area contributed by atoms with Crippen LogP contribution in [0.4, 0.5) is 17.2 Å². The Morgan fingerprint density at radius 1 is 1.03 bits per heavy atom. The summed E-state index contributed by atoms with van der Waals surface area (Å²) in [6.07, 6.45) is 3.49. The third-order valence-corrected chi connectivity index (χ3v) is 4.92. The van der Waals surface area contributed by atoms with Crippen molar-refractivity contribution in [3.63, 3.8) is 0 Å². The smallest absolute Gasteiger partial charge is 0.156 e. The first kappa shape index (κ1) is 21.3. The van der Waals surface area contributed by atoms with Crippen molar-refractivity contribution in [2.75, 3.05) is 44.9 Å². The van der Waals surface area contributed by atoms with E-state index in [0.29, 0.717) is 22.8 Å². The second-order valence-electron chi connectivity index (χ2n) is 7.32. The zero-order chi connectivity index (χ0) is 21.5. The van der Waals surface area contributed by atoms with Crippen molar-refractivity contribution in [3.05, 3.63) is 66.4 Å². The fourth-order valence-electron chi connectivity index (χ4n) is 3.46. The van der Waals surface area contributed by atoms with E-state index in [-0.39, 0.29) is 0 Å². The molecule has 1 aromatic heterocycles. The van der Waals surface area contributed by atoms with Gasteiger partial charge in [0, 0.05) is 23.7 Å². The normalized spacial score (nSPS) is 10.8. The summed E-state index contributed by atoms with van der Waals surface area (Å²) in [7, 11) is 5.70. The van der Waals surface area contributed by atoms with Crippen molar-refractivity contribution in [2.45, 2.75) is 6.42 Å². The Morgan fingerprint density at radius 3 is 2.40 bits per heavy atom. The molecule has 0 aliphatic rings. The highest BCUT2D eigenvalue weighted by Crippen LogP contribution is 2.38. The number of nitrogen functional groups attached to an aromatic ring is 1. The molecule has 0 saturated heterocycles. The van der Waals surface area contributed by atoms with Crippen molar-refractivity contribution < 1.29 is 9.53 Å². The van der Waals surface area contributed by atoms with Gasteiger partial charge in [0.05, 0.1) is 24.7 Å². The van der Waals surface area contributed by atoms with Crippen LogP contribution < -0.4 is 15.4 Å². The highest BCUT2D eigenvalue weighted by Gasteiger charge is 2.19. The van der Waals surface area contributed by atoms with Gasteiger partial charge in [-0.15, -0.1) is 0 Å². The maximum atomic E-state index is 11.7. The molecule has 6 nitrogen and oxygen atoms in total. The molecule has 0 unspecified atom stereocenters. The Balaban J connectivity index is 2.12. The number of hydrogen-bond acceptors (Lipinski definition) is 6. The minimum atomic E-state index is 0.540. The van der Waals surface area contributed by atoms with Gasteiger partial charge in [-0.2, -0.15) is 0 Å². The Labute approximate surface area is 177 Å². The van der Waals surface area contributed by atoms with Crippen molar-refractivity contribution in [1.29, 1.82) is 0 Å². The summed E-state index contributed by atoms with van der Waals surface area (Å²) in [5.74, 6) is 1.29. The molecule has 30 heavy (non-hydrogen) atoms. The van der Waals surface area contributed by atoms with Crippen LogP contribution in [0.3, 0.4) is 0 Å². The van der Waals surface area contributed by atoms with E-state index in [2.05, 4.69) is 28.9 Å². The first-order chi connectivity index (χ1) is 14.5. The number of benzene rings is 2. The number of para-hydroxylation sites is 1. The van der Waals surface area contributed by atoms with Gasteiger partial charge < -0.3 is 20.3 Å². The topological polar surface area (TPSA) is 71.7 Å². The fraction of sp³-hybridized carbons (Fsp3) is 0.250. The van der Waals surface area contributed by atoms with Crippen LogP contribution in [0.2, 0.25) is 0 Å². The standard InChI is InChI=1S/C24H28N4O2/c1-27(2)13-8-14-28(24-22(25)15-19(30-3)16-26-24)23-12-7-6-11-21(23)20-10-5-4-9-18(20)17-29/h4-7,9-12,15-17H,8,13-14,25H2,1-3H3. The van der Waals surface area contributed by atoms with E-state index in [0.717, 1.165) is 42.6 Å². The van der Waals surface area contributed by atoms with Gasteiger partial charge in [-0.05, 0) is 38.7 Å². The number of hydrogen-bond donors (Lipinski definition) is 1. The third-order valence-electron chi connectivity index (χ3n) is 4.92. The summed E-state index contributed by atoms with van der Waals surface area (Å²) >= 11 is 0. The van der Waals surface area contributed by atoms with Crippen molar-refractivity contribution >= 4 is 23.5 Å². The molecule has 0 aliphatic carbocycles. The highest BCUT2D eigenvalue weighted by molar-refractivity contribution is 5.93. The largest absolute Gasteiger partial charge is 0.495 e. The molecule has 3 rings (SSSR count). The van der Waals surface area contributed by atoms with Gasteiger partial charge in [0.2, 0.25) is 0 Å². The molecule has 3 aromatic rings. The number of pyridine rings is 1. The van der Waals surface area contributed by atoms with Gasteiger partial charge in [-0.1, -0.05) is 42.5 Å². The number of carbonyl (C=O) groups is 1. The molecule has 0 aliphatic heterocycles. The van der Waals surface area contributed by atoms with Gasteiger partial charge >= 0.3 is 0 Å². The summed E-state index contributed by atoms with van der Waals surface area (Å²) in [6.45, 7) is 1.65. The summed E-state index contributed by atoms with van der Waals surface area (Å²) < 4.78 is 5.26. The lowest BCUT2D eigenvalue weighted by Crippen LogP contribution is -2.25. The number of aromatic nitrogens is 1. The van der Waals surface area contributed by atoms with Gasteiger partial charge in [0.25, 0.3) is 0 Å². The predicted molar refractivity (Wildman–Crippen MR) is 123 cm³/mol. The van der Waals surface area contributed by atoms with Crippen LogP contribution in [-0.4, -0.2) is 50.5 Å². The van der Waals surface area contributed by atoms with Crippen LogP contribution in [0.25, 0.3) is 11.1 Å². The Morgan fingerprint density at radius 2 is 1.73 bits per heavy atom. The number of rotatable bonds is 9.